The Morgan fingerprint density at radius 2 is 1.63 bits per heavy atom. The molecule has 0 saturated carbocycles. The molecule has 1 N–H and O–H groups in total. The highest BCUT2D eigenvalue weighted by Gasteiger charge is 2.47. The van der Waals surface area contributed by atoms with Gasteiger partial charge in [0.1, 0.15) is 0 Å². The highest BCUT2D eigenvalue weighted by molar-refractivity contribution is 6.15. The molecule has 1 saturated heterocycles. The first-order valence-corrected chi connectivity index (χ1v) is 9.86. The lowest BCUT2D eigenvalue weighted by Crippen LogP contribution is -2.52. The maximum absolute atomic E-state index is 12.7. The molecule has 8 nitrogen and oxygen atoms in total. The molecule has 0 radical (unpaired) electrons. The minimum Gasteiger partial charge on any atom is -0.465 e. The van der Waals surface area contributed by atoms with Gasteiger partial charge < -0.3 is 19.5 Å². The molecule has 30 heavy (non-hydrogen) atoms. The van der Waals surface area contributed by atoms with E-state index in [9.17, 15) is 24.3 Å². The molecule has 1 fully saturated rings. The summed E-state index contributed by atoms with van der Waals surface area (Å²) < 4.78 is 10.0. The molecule has 164 valence electrons. The number of amides is 1. The molecule has 2 rings (SSSR count). The lowest BCUT2D eigenvalue weighted by Gasteiger charge is -2.40. The number of nitrogens with zero attached hydrogens (tertiary/aromatic N) is 1. The largest absolute Gasteiger partial charge is 0.465 e. The van der Waals surface area contributed by atoms with Crippen molar-refractivity contribution in [3.63, 3.8) is 0 Å². The van der Waals surface area contributed by atoms with Crippen LogP contribution in [0.1, 0.15) is 53.0 Å². The van der Waals surface area contributed by atoms with Crippen LogP contribution in [0.15, 0.2) is 30.3 Å². The summed E-state index contributed by atoms with van der Waals surface area (Å²) in [5.74, 6) is -5.56. The number of cyclic esters (lactones) is 2. The quantitative estimate of drug-likeness (QED) is 0.534. The Hall–Kier alpha value is -2.90. The summed E-state index contributed by atoms with van der Waals surface area (Å²) in [7, 11) is 0. The second-order valence-corrected chi connectivity index (χ2v) is 8.85. The summed E-state index contributed by atoms with van der Waals surface area (Å²) in [6, 6.07) is 8.82. The van der Waals surface area contributed by atoms with E-state index >= 15 is 0 Å². The van der Waals surface area contributed by atoms with Crippen LogP contribution in [-0.4, -0.2) is 51.2 Å². The number of benzene rings is 1. The number of hydrogen-bond donors (Lipinski definition) is 1. The molecule has 1 unspecified atom stereocenters. The normalized spacial score (nSPS) is 17.6. The fourth-order valence-corrected chi connectivity index (χ4v) is 3.63. The molecule has 1 heterocycles. The molecule has 1 aromatic carbocycles. The molecular weight excluding hydrogens is 390 g/mol. The fourth-order valence-electron chi connectivity index (χ4n) is 3.63. The third kappa shape index (κ3) is 5.81. The first-order valence-electron chi connectivity index (χ1n) is 9.86. The van der Waals surface area contributed by atoms with E-state index < -0.39 is 47.1 Å². The van der Waals surface area contributed by atoms with E-state index in [1.165, 1.54) is 18.7 Å². The van der Waals surface area contributed by atoms with Gasteiger partial charge in [0.15, 0.2) is 5.78 Å². The van der Waals surface area contributed by atoms with Crippen LogP contribution in [0.5, 0.6) is 0 Å². The van der Waals surface area contributed by atoms with Crippen LogP contribution in [0, 0.1) is 5.92 Å². The second-order valence-electron chi connectivity index (χ2n) is 8.85. The van der Waals surface area contributed by atoms with Crippen molar-refractivity contribution in [3.8, 4) is 0 Å². The molecular formula is C22H29NO7. The first-order chi connectivity index (χ1) is 13.8. The smallest absolute Gasteiger partial charge is 0.407 e. The summed E-state index contributed by atoms with van der Waals surface area (Å²) >= 11 is 0. The van der Waals surface area contributed by atoms with Crippen LogP contribution in [0.3, 0.4) is 0 Å². The topological polar surface area (TPSA) is 110 Å². The number of ether oxygens (including phenoxy) is 2. The van der Waals surface area contributed by atoms with Crippen molar-refractivity contribution in [1.29, 1.82) is 0 Å². The van der Waals surface area contributed by atoms with Crippen LogP contribution in [0.2, 0.25) is 0 Å². The highest BCUT2D eigenvalue weighted by Crippen LogP contribution is 2.27. The first kappa shape index (κ1) is 23.4. The van der Waals surface area contributed by atoms with Gasteiger partial charge in [0.05, 0.1) is 0 Å². The molecule has 1 aliphatic heterocycles. The summed E-state index contributed by atoms with van der Waals surface area (Å²) in [6.07, 6.45) is -0.719. The Kier molecular flexibility index (Phi) is 6.90. The van der Waals surface area contributed by atoms with Crippen molar-refractivity contribution in [2.75, 3.05) is 0 Å². The summed E-state index contributed by atoms with van der Waals surface area (Å²) in [4.78, 5) is 50.3. The van der Waals surface area contributed by atoms with Gasteiger partial charge in [0.2, 0.25) is 5.92 Å². The summed E-state index contributed by atoms with van der Waals surface area (Å²) in [5, 5.41) is 9.81. The number of esters is 2. The van der Waals surface area contributed by atoms with Gasteiger partial charge in [0.25, 0.3) is 5.79 Å². The van der Waals surface area contributed by atoms with E-state index in [1.807, 2.05) is 30.3 Å². The van der Waals surface area contributed by atoms with Crippen LogP contribution in [0.25, 0.3) is 0 Å². The number of carboxylic acid groups (broad SMARTS) is 1. The molecule has 0 aliphatic carbocycles. The van der Waals surface area contributed by atoms with Crippen molar-refractivity contribution in [2.45, 2.75) is 71.2 Å². The standard InChI is InChI=1S/C22H29NO7/c1-21(2,3)23(20(27)28)15(13-14-9-7-6-8-10-14)11-12-16(24)17-18(25)29-22(4,5)30-19(17)26/h6-10,15,17H,11-13H2,1-5H3,(H,27,28). The van der Waals surface area contributed by atoms with Gasteiger partial charge in [-0.15, -0.1) is 0 Å². The fraction of sp³-hybridized carbons (Fsp3) is 0.545. The molecule has 1 atom stereocenters. The zero-order chi connectivity index (χ0) is 22.7. The maximum atomic E-state index is 12.7. The number of carbonyl (C=O) groups is 4. The second kappa shape index (κ2) is 8.85. The number of hydrogen-bond acceptors (Lipinski definition) is 6. The van der Waals surface area contributed by atoms with Gasteiger partial charge in [-0.3, -0.25) is 14.4 Å². The Morgan fingerprint density at radius 3 is 2.10 bits per heavy atom. The minimum absolute atomic E-state index is 0.151. The zero-order valence-corrected chi connectivity index (χ0v) is 18.0. The molecule has 8 heteroatoms. The molecule has 1 aromatic rings. The lowest BCUT2D eigenvalue weighted by molar-refractivity contribution is -0.238. The van der Waals surface area contributed by atoms with Gasteiger partial charge in [0, 0.05) is 31.8 Å². The molecule has 1 aliphatic rings. The number of ketones is 1. The van der Waals surface area contributed by atoms with Gasteiger partial charge in [-0.25, -0.2) is 4.79 Å². The molecule has 0 bridgehead atoms. The Balaban J connectivity index is 2.19. The number of carbonyl (C=O) groups excluding carboxylic acids is 3. The van der Waals surface area contributed by atoms with E-state index in [2.05, 4.69) is 0 Å². The monoisotopic (exact) mass is 419 g/mol. The average molecular weight is 419 g/mol. The van der Waals surface area contributed by atoms with Crippen molar-refractivity contribution < 1.29 is 33.8 Å². The summed E-state index contributed by atoms with van der Waals surface area (Å²) in [6.45, 7) is 8.15. The van der Waals surface area contributed by atoms with Crippen LogP contribution < -0.4 is 0 Å². The predicted octanol–water partition coefficient (Wildman–Crippen LogP) is 3.18. The number of rotatable bonds is 7. The van der Waals surface area contributed by atoms with E-state index in [0.717, 1.165) is 5.56 Å². The van der Waals surface area contributed by atoms with Crippen LogP contribution in [-0.2, 0) is 30.3 Å². The maximum Gasteiger partial charge on any atom is 0.407 e. The third-order valence-corrected chi connectivity index (χ3v) is 4.82. The minimum atomic E-state index is -1.64. The van der Waals surface area contributed by atoms with Gasteiger partial charge in [-0.05, 0) is 39.2 Å². The lowest BCUT2D eigenvalue weighted by atomic mass is 9.92. The Morgan fingerprint density at radius 1 is 1.10 bits per heavy atom. The predicted molar refractivity (Wildman–Crippen MR) is 108 cm³/mol. The van der Waals surface area contributed by atoms with Crippen LogP contribution in [0.4, 0.5) is 4.79 Å². The molecule has 0 aromatic heterocycles. The SMILES string of the molecule is CC1(C)OC(=O)C(C(=O)CCC(Cc2ccccc2)N(C(=O)O)C(C)(C)C)C(=O)O1. The van der Waals surface area contributed by atoms with Gasteiger partial charge in [-0.1, -0.05) is 30.3 Å². The summed E-state index contributed by atoms with van der Waals surface area (Å²) in [5.41, 5.74) is 0.213. The highest BCUT2D eigenvalue weighted by atomic mass is 16.7. The zero-order valence-electron chi connectivity index (χ0n) is 18.0. The van der Waals surface area contributed by atoms with Crippen molar-refractivity contribution in [1.82, 2.24) is 4.90 Å². The van der Waals surface area contributed by atoms with E-state index in [-0.39, 0.29) is 12.8 Å². The van der Waals surface area contributed by atoms with E-state index in [4.69, 9.17) is 9.47 Å². The van der Waals surface area contributed by atoms with Crippen molar-refractivity contribution >= 4 is 23.8 Å². The van der Waals surface area contributed by atoms with Crippen molar-refractivity contribution in [2.24, 2.45) is 5.92 Å². The third-order valence-electron chi connectivity index (χ3n) is 4.82. The van der Waals surface area contributed by atoms with Gasteiger partial charge in [-0.2, -0.15) is 0 Å². The Bertz CT molecular complexity index is 791. The molecule has 0 spiro atoms. The van der Waals surface area contributed by atoms with E-state index in [0.29, 0.717) is 6.42 Å². The van der Waals surface area contributed by atoms with Crippen molar-refractivity contribution in [3.05, 3.63) is 35.9 Å². The molecule has 1 amide bonds. The Labute approximate surface area is 176 Å². The van der Waals surface area contributed by atoms with Crippen LogP contribution >= 0.6 is 0 Å². The number of Topliss-reactive ketones (excluding diaryl/α,β-unsaturated/α-hetero) is 1. The van der Waals surface area contributed by atoms with Gasteiger partial charge >= 0.3 is 18.0 Å². The average Bonchev–Trinajstić information content (AvgIpc) is 2.57. The van der Waals surface area contributed by atoms with E-state index in [1.54, 1.807) is 20.8 Å².